The van der Waals surface area contributed by atoms with Crippen LogP contribution in [0.2, 0.25) is 0 Å². The number of carbonyl (C=O) groups excluding carboxylic acids is 1. The minimum atomic E-state index is -0.364. The van der Waals surface area contributed by atoms with Gasteiger partial charge in [-0.2, -0.15) is 0 Å². The summed E-state index contributed by atoms with van der Waals surface area (Å²) in [6, 6.07) is 32.5. The second kappa shape index (κ2) is 7.61. The van der Waals surface area contributed by atoms with Gasteiger partial charge in [0.1, 0.15) is 0 Å². The van der Waals surface area contributed by atoms with Gasteiger partial charge in [0.05, 0.1) is 29.4 Å². The van der Waals surface area contributed by atoms with Gasteiger partial charge < -0.3 is 9.72 Å². The van der Waals surface area contributed by atoms with Gasteiger partial charge in [0.2, 0.25) is 0 Å². The molecule has 0 fully saturated rings. The second-order valence-corrected chi connectivity index (χ2v) is 8.04. The topological polar surface area (TPSA) is 55.0 Å². The van der Waals surface area contributed by atoms with Gasteiger partial charge in [-0.3, -0.25) is 0 Å². The summed E-state index contributed by atoms with van der Waals surface area (Å²) >= 11 is 0. The third-order valence-electron chi connectivity index (χ3n) is 6.15. The van der Waals surface area contributed by atoms with Crippen LogP contribution in [-0.2, 0) is 4.74 Å². The highest BCUT2D eigenvalue weighted by Crippen LogP contribution is 2.34. The smallest absolute Gasteiger partial charge is 0.338 e. The number of nitrogens with zero attached hydrogens (tertiary/aromatic N) is 1. The number of hydrogen-bond acceptors (Lipinski definition) is 3. The van der Waals surface area contributed by atoms with Crippen molar-refractivity contribution in [3.63, 3.8) is 0 Å². The zero-order chi connectivity index (χ0) is 22.4. The number of pyridine rings is 1. The van der Waals surface area contributed by atoms with Gasteiger partial charge in [0, 0.05) is 32.8 Å². The maximum atomic E-state index is 12.4. The summed E-state index contributed by atoms with van der Waals surface area (Å²) < 4.78 is 5.01. The Morgan fingerprint density at radius 1 is 0.758 bits per heavy atom. The molecule has 6 rings (SSSR count). The summed E-state index contributed by atoms with van der Waals surface area (Å²) in [6.45, 7) is 0. The highest BCUT2D eigenvalue weighted by atomic mass is 16.5. The number of carbonyl (C=O) groups is 1. The molecule has 2 aromatic heterocycles. The van der Waals surface area contributed by atoms with Crippen molar-refractivity contribution in [2.75, 3.05) is 7.11 Å². The van der Waals surface area contributed by atoms with E-state index >= 15 is 0 Å². The average Bonchev–Trinajstić information content (AvgIpc) is 3.26. The lowest BCUT2D eigenvalue weighted by atomic mass is 9.99. The van der Waals surface area contributed by atoms with Crippen LogP contribution < -0.4 is 0 Å². The first-order chi connectivity index (χ1) is 16.2. The molecule has 0 unspecified atom stereocenters. The number of methoxy groups -OCH3 is 1. The largest absolute Gasteiger partial charge is 0.465 e. The zero-order valence-electron chi connectivity index (χ0n) is 18.0. The van der Waals surface area contributed by atoms with Crippen LogP contribution in [0, 0.1) is 0 Å². The maximum Gasteiger partial charge on any atom is 0.338 e. The van der Waals surface area contributed by atoms with Crippen molar-refractivity contribution < 1.29 is 9.53 Å². The standard InChI is InChI=1S/C29H20N2O2/c1-33-29(32)24-17-27(30-25-11-4-3-8-22(24)25)19-15-13-18(14-16-19)20-9-6-10-23-21-7-2-5-12-26(21)31-28(20)23/h2-17,31H,1H3. The molecular weight excluding hydrogens is 408 g/mol. The first kappa shape index (κ1) is 19.3. The number of para-hydroxylation sites is 3. The van der Waals surface area contributed by atoms with Crippen molar-refractivity contribution in [1.82, 2.24) is 9.97 Å². The fraction of sp³-hybridized carbons (Fsp3) is 0.0345. The van der Waals surface area contributed by atoms with Crippen LogP contribution in [0.4, 0.5) is 0 Å². The van der Waals surface area contributed by atoms with Crippen LogP contribution in [0.1, 0.15) is 10.4 Å². The van der Waals surface area contributed by atoms with Gasteiger partial charge in [0.25, 0.3) is 0 Å². The van der Waals surface area contributed by atoms with Crippen LogP contribution in [0.25, 0.3) is 55.1 Å². The molecule has 0 atom stereocenters. The first-order valence-corrected chi connectivity index (χ1v) is 10.8. The number of esters is 1. The number of benzene rings is 4. The number of nitrogens with one attached hydrogen (secondary N) is 1. The van der Waals surface area contributed by atoms with Gasteiger partial charge in [-0.1, -0.05) is 78.9 Å². The molecule has 2 heterocycles. The number of aromatic nitrogens is 2. The number of hydrogen-bond donors (Lipinski definition) is 1. The summed E-state index contributed by atoms with van der Waals surface area (Å²) in [4.78, 5) is 20.8. The quantitative estimate of drug-likeness (QED) is 0.309. The van der Waals surface area contributed by atoms with E-state index < -0.39 is 0 Å². The van der Waals surface area contributed by atoms with E-state index in [1.54, 1.807) is 0 Å². The Hall–Kier alpha value is -4.44. The molecule has 4 heteroatoms. The van der Waals surface area contributed by atoms with E-state index in [9.17, 15) is 4.79 Å². The fourth-order valence-electron chi connectivity index (χ4n) is 4.54. The minimum absolute atomic E-state index is 0.364. The molecule has 0 radical (unpaired) electrons. The van der Waals surface area contributed by atoms with E-state index in [0.29, 0.717) is 5.56 Å². The summed E-state index contributed by atoms with van der Waals surface area (Å²) in [7, 11) is 1.40. The number of ether oxygens (including phenoxy) is 1. The number of aromatic amines is 1. The molecule has 0 saturated carbocycles. The molecule has 1 N–H and O–H groups in total. The molecule has 4 aromatic carbocycles. The van der Waals surface area contributed by atoms with Crippen molar-refractivity contribution in [2.45, 2.75) is 0 Å². The highest BCUT2D eigenvalue weighted by Gasteiger charge is 2.15. The average molecular weight is 428 g/mol. The molecule has 0 amide bonds. The van der Waals surface area contributed by atoms with Gasteiger partial charge in [-0.25, -0.2) is 9.78 Å². The summed E-state index contributed by atoms with van der Waals surface area (Å²) in [5.41, 5.74) is 7.49. The molecule has 0 bridgehead atoms. The van der Waals surface area contributed by atoms with Crippen LogP contribution in [0.3, 0.4) is 0 Å². The van der Waals surface area contributed by atoms with E-state index in [1.807, 2.05) is 36.4 Å². The lowest BCUT2D eigenvalue weighted by Crippen LogP contribution is -2.03. The van der Waals surface area contributed by atoms with Crippen molar-refractivity contribution in [2.24, 2.45) is 0 Å². The second-order valence-electron chi connectivity index (χ2n) is 8.04. The van der Waals surface area contributed by atoms with Gasteiger partial charge >= 0.3 is 5.97 Å². The third kappa shape index (κ3) is 3.15. The summed E-state index contributed by atoms with van der Waals surface area (Å²) in [6.07, 6.45) is 0. The van der Waals surface area contributed by atoms with Crippen LogP contribution in [0.15, 0.2) is 97.1 Å². The van der Waals surface area contributed by atoms with Crippen molar-refractivity contribution in [1.29, 1.82) is 0 Å². The number of rotatable bonds is 3. The predicted octanol–water partition coefficient (Wildman–Crippen LogP) is 6.99. The SMILES string of the molecule is COC(=O)c1cc(-c2ccc(-c3cccc4c3[nH]c3ccccc34)cc2)nc2ccccc12. The summed E-state index contributed by atoms with van der Waals surface area (Å²) in [5.74, 6) is -0.364. The Balaban J connectivity index is 1.46. The Morgan fingerprint density at radius 2 is 1.45 bits per heavy atom. The predicted molar refractivity (Wildman–Crippen MR) is 133 cm³/mol. The molecule has 33 heavy (non-hydrogen) atoms. The zero-order valence-corrected chi connectivity index (χ0v) is 18.0. The summed E-state index contributed by atoms with van der Waals surface area (Å²) in [5, 5.41) is 3.22. The van der Waals surface area contributed by atoms with Crippen LogP contribution >= 0.6 is 0 Å². The number of H-pyrrole nitrogens is 1. The molecule has 0 aliphatic carbocycles. The lowest BCUT2D eigenvalue weighted by molar-refractivity contribution is 0.0603. The molecule has 0 aliphatic heterocycles. The van der Waals surface area contributed by atoms with Gasteiger partial charge in [-0.15, -0.1) is 0 Å². The van der Waals surface area contributed by atoms with Crippen molar-refractivity contribution in [3.05, 3.63) is 103 Å². The van der Waals surface area contributed by atoms with Crippen molar-refractivity contribution in [3.8, 4) is 22.4 Å². The molecule has 0 aliphatic rings. The normalized spacial score (nSPS) is 11.3. The maximum absolute atomic E-state index is 12.4. The van der Waals surface area contributed by atoms with E-state index in [2.05, 4.69) is 65.6 Å². The van der Waals surface area contributed by atoms with E-state index in [4.69, 9.17) is 9.72 Å². The molecule has 0 saturated heterocycles. The minimum Gasteiger partial charge on any atom is -0.465 e. The number of fused-ring (bicyclic) bond motifs is 4. The molecule has 6 aromatic rings. The molecule has 0 spiro atoms. The Labute approximate surface area is 190 Å². The Morgan fingerprint density at radius 3 is 2.27 bits per heavy atom. The Bertz CT molecular complexity index is 1660. The first-order valence-electron chi connectivity index (χ1n) is 10.8. The highest BCUT2D eigenvalue weighted by molar-refractivity contribution is 6.11. The van der Waals surface area contributed by atoms with E-state index in [1.165, 1.54) is 17.9 Å². The van der Waals surface area contributed by atoms with Gasteiger partial charge in [-0.05, 0) is 23.8 Å². The Kier molecular flexibility index (Phi) is 4.44. The van der Waals surface area contributed by atoms with Crippen LogP contribution in [-0.4, -0.2) is 23.0 Å². The molecule has 158 valence electrons. The van der Waals surface area contributed by atoms with Crippen molar-refractivity contribution >= 4 is 38.7 Å². The van der Waals surface area contributed by atoms with E-state index in [-0.39, 0.29) is 5.97 Å². The van der Waals surface area contributed by atoms with Gasteiger partial charge in [0.15, 0.2) is 0 Å². The third-order valence-corrected chi connectivity index (χ3v) is 6.15. The fourth-order valence-corrected chi connectivity index (χ4v) is 4.54. The lowest BCUT2D eigenvalue weighted by Gasteiger charge is -2.10. The molecular formula is C29H20N2O2. The molecule has 4 nitrogen and oxygen atoms in total. The monoisotopic (exact) mass is 428 g/mol. The van der Waals surface area contributed by atoms with E-state index in [0.717, 1.165) is 44.3 Å². The van der Waals surface area contributed by atoms with Crippen LogP contribution in [0.5, 0.6) is 0 Å².